The lowest BCUT2D eigenvalue weighted by Crippen LogP contribution is -1.96. The van der Waals surface area contributed by atoms with Crippen molar-refractivity contribution < 1.29 is 0 Å². The van der Waals surface area contributed by atoms with E-state index >= 15 is 0 Å². The Bertz CT molecular complexity index is 9220. The minimum absolute atomic E-state index is 1.16. The Labute approximate surface area is 726 Å². The van der Waals surface area contributed by atoms with Crippen LogP contribution in [0.25, 0.3) is 252 Å². The Morgan fingerprint density at radius 1 is 0.111 bits per heavy atom. The summed E-state index contributed by atoms with van der Waals surface area (Å²) >= 11 is 0. The first-order valence-electron chi connectivity index (χ1n) is 43.6. The fourth-order valence-corrected chi connectivity index (χ4v) is 21.0. The summed E-state index contributed by atoms with van der Waals surface area (Å²) in [5.41, 5.74) is 26.5. The van der Waals surface area contributed by atoms with E-state index in [1.807, 2.05) is 0 Å². The van der Waals surface area contributed by atoms with E-state index in [0.29, 0.717) is 0 Å². The van der Waals surface area contributed by atoms with Gasteiger partial charge in [0, 0.05) is 65.5 Å². The summed E-state index contributed by atoms with van der Waals surface area (Å²) in [7, 11) is 0. The van der Waals surface area contributed by atoms with Gasteiger partial charge in [0.25, 0.3) is 0 Å². The molecular weight excluding hydrogens is 1520 g/mol. The van der Waals surface area contributed by atoms with Gasteiger partial charge in [-0.25, -0.2) is 0 Å². The first kappa shape index (κ1) is 71.1. The molecule has 27 rings (SSSR count). The molecule has 0 unspecified atom stereocenters. The number of benzene rings is 23. The average Bonchev–Trinajstić information content (AvgIpc) is 1.60. The van der Waals surface area contributed by atoms with Gasteiger partial charge in [0.15, 0.2) is 0 Å². The molecule has 27 aromatic rings. The maximum Gasteiger partial charge on any atom is 0.0541 e. The molecule has 0 atom stereocenters. The molecular formula is C122H76N4. The molecule has 4 aromatic heterocycles. The quantitative estimate of drug-likeness (QED) is 0.128. The molecule has 4 heteroatoms. The van der Waals surface area contributed by atoms with Crippen LogP contribution in [-0.4, -0.2) is 18.3 Å². The number of hydrogen-bond donors (Lipinski definition) is 0. The summed E-state index contributed by atoms with van der Waals surface area (Å²) in [6.45, 7) is 0. The minimum Gasteiger partial charge on any atom is -0.309 e. The van der Waals surface area contributed by atoms with Gasteiger partial charge in [-0.1, -0.05) is 328 Å². The van der Waals surface area contributed by atoms with E-state index in [9.17, 15) is 0 Å². The standard InChI is InChI=1S/C64H40N2.C58H36N2/c1-2-12-41(13-3-1)42-22-29-48(30-23-42)65-60-20-10-8-18-56(60)58-39-44(27-35-63(58)65)45-28-36-64-59(40-45)57-19-9-11-21-61(57)66(64)62-37-34-51(52-16-6-7-17-55(52)62)46-25-31-50-47(38-46)26-33-53-49-15-5-4-14-43(49)24-32-54(50)53;1-2-11-45(12-3-1)59-55-16-8-6-14-51(55)53-35-42(24-30-57(53)59)43-25-31-58-54(36-43)52-15-7-9-17-56(52)60(58)46-26-20-39-32-38(18-19-41(39)34-46)40-22-27-48-44(33-40)23-29-49-47-13-5-4-10-37(47)21-28-50(48)49/h1-40H;1-36H. The molecule has 0 aliphatic carbocycles. The molecule has 4 heterocycles. The van der Waals surface area contributed by atoms with E-state index in [1.54, 1.807) is 0 Å². The van der Waals surface area contributed by atoms with Crippen molar-refractivity contribution in [3.8, 4) is 78.4 Å². The molecule has 584 valence electrons. The third-order valence-corrected chi connectivity index (χ3v) is 27.0. The maximum atomic E-state index is 2.47. The monoisotopic (exact) mass is 1600 g/mol. The van der Waals surface area contributed by atoms with Crippen LogP contribution in [0.15, 0.2) is 461 Å². The van der Waals surface area contributed by atoms with Gasteiger partial charge in [0.05, 0.1) is 49.8 Å². The third-order valence-electron chi connectivity index (χ3n) is 27.0. The molecule has 126 heavy (non-hydrogen) atoms. The van der Waals surface area contributed by atoms with Gasteiger partial charge in [0.1, 0.15) is 0 Å². The van der Waals surface area contributed by atoms with Gasteiger partial charge in [-0.3, -0.25) is 0 Å². The second kappa shape index (κ2) is 28.5. The van der Waals surface area contributed by atoms with Crippen LogP contribution in [-0.2, 0) is 0 Å². The van der Waals surface area contributed by atoms with Gasteiger partial charge in [-0.05, 0) is 270 Å². The largest absolute Gasteiger partial charge is 0.309 e. The van der Waals surface area contributed by atoms with E-state index in [2.05, 4.69) is 479 Å². The summed E-state index contributed by atoms with van der Waals surface area (Å²) < 4.78 is 9.67. The second-order valence-corrected chi connectivity index (χ2v) is 33.8. The van der Waals surface area contributed by atoms with Gasteiger partial charge in [-0.2, -0.15) is 0 Å². The van der Waals surface area contributed by atoms with Crippen molar-refractivity contribution in [1.82, 2.24) is 18.3 Å². The first-order chi connectivity index (χ1) is 62.5. The van der Waals surface area contributed by atoms with Crippen LogP contribution < -0.4 is 0 Å². The van der Waals surface area contributed by atoms with Crippen LogP contribution in [0.4, 0.5) is 0 Å². The van der Waals surface area contributed by atoms with Gasteiger partial charge < -0.3 is 18.3 Å². The number of nitrogens with zero attached hydrogens (tertiary/aromatic N) is 4. The Balaban J connectivity index is 0.000000135. The van der Waals surface area contributed by atoms with Crippen LogP contribution in [0.1, 0.15) is 0 Å². The molecule has 0 aliphatic heterocycles. The smallest absolute Gasteiger partial charge is 0.0541 e. The molecule has 0 N–H and O–H groups in total. The Morgan fingerprint density at radius 2 is 0.397 bits per heavy atom. The fraction of sp³-hybridized carbons (Fsp3) is 0. The summed E-state index contributed by atoms with van der Waals surface area (Å²) in [5.74, 6) is 0. The molecule has 0 saturated carbocycles. The lowest BCUT2D eigenvalue weighted by Gasteiger charge is -2.16. The zero-order valence-corrected chi connectivity index (χ0v) is 68.7. The molecule has 0 spiro atoms. The molecule has 0 aliphatic rings. The van der Waals surface area contributed by atoms with Crippen molar-refractivity contribution >= 4 is 173 Å². The van der Waals surface area contributed by atoms with Gasteiger partial charge in [-0.15, -0.1) is 0 Å². The predicted octanol–water partition coefficient (Wildman–Crippen LogP) is 33.3. The summed E-state index contributed by atoms with van der Waals surface area (Å²) in [6, 6.07) is 170. The van der Waals surface area contributed by atoms with Gasteiger partial charge in [0.2, 0.25) is 0 Å². The Morgan fingerprint density at radius 3 is 0.897 bits per heavy atom. The van der Waals surface area contributed by atoms with Crippen molar-refractivity contribution in [1.29, 1.82) is 0 Å². The number of aromatic nitrogens is 4. The van der Waals surface area contributed by atoms with Crippen LogP contribution in [0.3, 0.4) is 0 Å². The summed E-state index contributed by atoms with van der Waals surface area (Å²) in [6.07, 6.45) is 0. The fourth-order valence-electron chi connectivity index (χ4n) is 21.0. The van der Waals surface area contributed by atoms with E-state index in [4.69, 9.17) is 0 Å². The topological polar surface area (TPSA) is 19.7 Å². The SMILES string of the molecule is c1ccc(-c2ccc(-n3c4ccccc4c4cc(-c5ccc6c(c5)c5ccccc5n6-c5ccc(-c6ccc7c(ccc8c9ccccc9ccc78)c6)c6ccccc56)ccc43)cc2)cc1.c1ccc(-n2c3ccccc3c3cc(-c4ccc5c(c4)c4ccccc4n5-c4ccc5cc(-c6ccc7c(ccc8c9ccccc9ccc78)c6)ccc5c4)ccc32)cc1. The lowest BCUT2D eigenvalue weighted by atomic mass is 9.92. The second-order valence-electron chi connectivity index (χ2n) is 33.8. The first-order valence-corrected chi connectivity index (χ1v) is 43.6. The number of hydrogen-bond acceptors (Lipinski definition) is 0. The van der Waals surface area contributed by atoms with Crippen LogP contribution >= 0.6 is 0 Å². The average molecular weight is 1600 g/mol. The molecule has 4 nitrogen and oxygen atoms in total. The van der Waals surface area contributed by atoms with Crippen molar-refractivity contribution in [2.45, 2.75) is 0 Å². The third kappa shape index (κ3) is 11.3. The van der Waals surface area contributed by atoms with Crippen molar-refractivity contribution in [2.75, 3.05) is 0 Å². The van der Waals surface area contributed by atoms with E-state index in [-0.39, 0.29) is 0 Å². The molecule has 23 aromatic carbocycles. The van der Waals surface area contributed by atoms with Crippen LogP contribution in [0.5, 0.6) is 0 Å². The highest BCUT2D eigenvalue weighted by Crippen LogP contribution is 2.46. The van der Waals surface area contributed by atoms with E-state index in [1.165, 1.54) is 240 Å². The number of rotatable bonds is 9. The van der Waals surface area contributed by atoms with Crippen molar-refractivity contribution in [2.24, 2.45) is 0 Å². The minimum atomic E-state index is 1.16. The maximum absolute atomic E-state index is 2.47. The highest BCUT2D eigenvalue weighted by molar-refractivity contribution is 6.21. The molecule has 0 radical (unpaired) electrons. The predicted molar refractivity (Wildman–Crippen MR) is 537 cm³/mol. The van der Waals surface area contributed by atoms with Crippen LogP contribution in [0, 0.1) is 0 Å². The zero-order chi connectivity index (χ0) is 82.6. The van der Waals surface area contributed by atoms with Crippen molar-refractivity contribution in [3.05, 3.63) is 461 Å². The highest BCUT2D eigenvalue weighted by atomic mass is 15.0. The number of para-hydroxylation sites is 5. The lowest BCUT2D eigenvalue weighted by molar-refractivity contribution is 1.18. The van der Waals surface area contributed by atoms with Crippen LogP contribution in [0.2, 0.25) is 0 Å². The van der Waals surface area contributed by atoms with E-state index in [0.717, 1.165) is 11.4 Å². The van der Waals surface area contributed by atoms with Crippen molar-refractivity contribution in [3.63, 3.8) is 0 Å². The molecule has 0 bridgehead atoms. The Kier molecular flexibility index (Phi) is 16.1. The molecule has 0 saturated heterocycles. The number of fused-ring (bicyclic) bond motifs is 24. The summed E-state index contributed by atoms with van der Waals surface area (Å²) in [5, 5.41) is 30.4. The summed E-state index contributed by atoms with van der Waals surface area (Å²) in [4.78, 5) is 0. The Hall–Kier alpha value is -16.7. The van der Waals surface area contributed by atoms with E-state index < -0.39 is 0 Å². The van der Waals surface area contributed by atoms with Gasteiger partial charge >= 0.3 is 0 Å². The zero-order valence-electron chi connectivity index (χ0n) is 68.7. The highest BCUT2D eigenvalue weighted by Gasteiger charge is 2.23. The molecule has 0 amide bonds. The molecule has 0 fully saturated rings. The normalized spacial score (nSPS) is 12.0.